The van der Waals surface area contributed by atoms with Gasteiger partial charge in [0.1, 0.15) is 5.56 Å². The fourth-order valence-corrected chi connectivity index (χ4v) is 2.63. The third-order valence-electron chi connectivity index (χ3n) is 3.72. The van der Waals surface area contributed by atoms with E-state index in [1.807, 2.05) is 24.3 Å². The van der Waals surface area contributed by atoms with Crippen molar-refractivity contribution in [1.29, 1.82) is 5.26 Å². The van der Waals surface area contributed by atoms with E-state index >= 15 is 0 Å². The summed E-state index contributed by atoms with van der Waals surface area (Å²) >= 11 is 0. The summed E-state index contributed by atoms with van der Waals surface area (Å²) in [4.78, 5) is 17.9. The van der Waals surface area contributed by atoms with Crippen molar-refractivity contribution in [3.05, 3.63) is 36.0 Å². The van der Waals surface area contributed by atoms with Crippen molar-refractivity contribution in [3.63, 3.8) is 0 Å². The zero-order valence-corrected chi connectivity index (χ0v) is 11.5. The molecule has 1 fully saturated rings. The molecule has 5 nitrogen and oxygen atoms in total. The predicted molar refractivity (Wildman–Crippen MR) is 79.3 cm³/mol. The summed E-state index contributed by atoms with van der Waals surface area (Å²) in [7, 11) is 0. The van der Waals surface area contributed by atoms with Crippen LogP contribution in [0.25, 0.3) is 10.9 Å². The number of rotatable bonds is 5. The number of carboxylic acid groups (broad SMARTS) is 1. The number of para-hydroxylation sites is 1. The van der Waals surface area contributed by atoms with E-state index in [1.165, 1.54) is 6.20 Å². The first-order chi connectivity index (χ1) is 10.2. The van der Waals surface area contributed by atoms with Gasteiger partial charge < -0.3 is 10.0 Å². The highest BCUT2D eigenvalue weighted by molar-refractivity contribution is 6.04. The van der Waals surface area contributed by atoms with Crippen LogP contribution in [0.1, 0.15) is 29.6 Å². The quantitative estimate of drug-likeness (QED) is 0.911. The van der Waals surface area contributed by atoms with Crippen LogP contribution in [0.4, 0.5) is 5.69 Å². The fraction of sp³-hybridized carbons (Fsp3) is 0.312. The lowest BCUT2D eigenvalue weighted by Gasteiger charge is -2.26. The Morgan fingerprint density at radius 3 is 2.86 bits per heavy atom. The van der Waals surface area contributed by atoms with Crippen LogP contribution in [0.3, 0.4) is 0 Å². The molecule has 0 radical (unpaired) electrons. The minimum Gasteiger partial charge on any atom is -0.478 e. The third kappa shape index (κ3) is 2.52. The van der Waals surface area contributed by atoms with Gasteiger partial charge in [0.25, 0.3) is 0 Å². The number of nitriles is 1. The van der Waals surface area contributed by atoms with Gasteiger partial charge in [-0.25, -0.2) is 4.79 Å². The van der Waals surface area contributed by atoms with Gasteiger partial charge in [0, 0.05) is 24.2 Å². The monoisotopic (exact) mass is 281 g/mol. The number of aromatic carboxylic acids is 1. The second-order valence-corrected chi connectivity index (χ2v) is 5.18. The second-order valence-electron chi connectivity index (χ2n) is 5.18. The number of fused-ring (bicyclic) bond motifs is 1. The number of hydrogen-bond acceptors (Lipinski definition) is 4. The second kappa shape index (κ2) is 5.41. The summed E-state index contributed by atoms with van der Waals surface area (Å²) in [5.41, 5.74) is 1.68. The third-order valence-corrected chi connectivity index (χ3v) is 3.72. The van der Waals surface area contributed by atoms with Gasteiger partial charge in [0.2, 0.25) is 0 Å². The molecule has 0 amide bonds. The largest absolute Gasteiger partial charge is 0.478 e. The first-order valence-corrected chi connectivity index (χ1v) is 6.97. The van der Waals surface area contributed by atoms with Gasteiger partial charge >= 0.3 is 5.97 Å². The molecule has 3 rings (SSSR count). The van der Waals surface area contributed by atoms with Crippen molar-refractivity contribution in [2.24, 2.45) is 0 Å². The topological polar surface area (TPSA) is 77.2 Å². The molecule has 1 aliphatic rings. The van der Waals surface area contributed by atoms with E-state index in [9.17, 15) is 9.90 Å². The molecule has 0 unspecified atom stereocenters. The van der Waals surface area contributed by atoms with Crippen LogP contribution in [0, 0.1) is 11.3 Å². The first-order valence-electron chi connectivity index (χ1n) is 6.97. The van der Waals surface area contributed by atoms with E-state index in [0.29, 0.717) is 24.7 Å². The van der Waals surface area contributed by atoms with Gasteiger partial charge in [-0.3, -0.25) is 4.98 Å². The number of pyridine rings is 1. The molecular weight excluding hydrogens is 266 g/mol. The molecule has 0 atom stereocenters. The molecule has 21 heavy (non-hydrogen) atoms. The molecule has 1 aromatic heterocycles. The molecule has 1 aromatic carbocycles. The lowest BCUT2D eigenvalue weighted by molar-refractivity contribution is 0.0697. The number of carboxylic acids is 1. The zero-order valence-electron chi connectivity index (χ0n) is 11.5. The fourth-order valence-electron chi connectivity index (χ4n) is 2.63. The van der Waals surface area contributed by atoms with Crippen LogP contribution in [0.5, 0.6) is 0 Å². The van der Waals surface area contributed by atoms with Gasteiger partial charge in [-0.2, -0.15) is 5.26 Å². The van der Waals surface area contributed by atoms with Crippen molar-refractivity contribution in [2.75, 3.05) is 11.4 Å². The molecule has 1 saturated carbocycles. The van der Waals surface area contributed by atoms with E-state index in [2.05, 4.69) is 16.0 Å². The van der Waals surface area contributed by atoms with Crippen LogP contribution in [0.15, 0.2) is 30.5 Å². The number of anilines is 1. The smallest absolute Gasteiger partial charge is 0.339 e. The zero-order chi connectivity index (χ0) is 14.8. The van der Waals surface area contributed by atoms with Crippen molar-refractivity contribution >= 4 is 22.6 Å². The number of carbonyl (C=O) groups is 1. The minimum absolute atomic E-state index is 0.207. The molecule has 0 aliphatic heterocycles. The highest BCUT2D eigenvalue weighted by Gasteiger charge is 2.32. The van der Waals surface area contributed by atoms with Crippen molar-refractivity contribution in [3.8, 4) is 6.07 Å². The van der Waals surface area contributed by atoms with Crippen molar-refractivity contribution < 1.29 is 9.90 Å². The van der Waals surface area contributed by atoms with Gasteiger partial charge in [-0.15, -0.1) is 0 Å². The Hall–Kier alpha value is -2.61. The van der Waals surface area contributed by atoms with Crippen LogP contribution in [-0.4, -0.2) is 28.6 Å². The minimum atomic E-state index is -0.981. The highest BCUT2D eigenvalue weighted by Crippen LogP contribution is 2.37. The van der Waals surface area contributed by atoms with Crippen LogP contribution >= 0.6 is 0 Å². The van der Waals surface area contributed by atoms with Crippen LogP contribution in [0.2, 0.25) is 0 Å². The van der Waals surface area contributed by atoms with Gasteiger partial charge in [-0.05, 0) is 18.9 Å². The molecule has 1 heterocycles. The summed E-state index contributed by atoms with van der Waals surface area (Å²) < 4.78 is 0. The molecule has 0 spiro atoms. The molecule has 0 saturated heterocycles. The highest BCUT2D eigenvalue weighted by atomic mass is 16.4. The van der Waals surface area contributed by atoms with Crippen molar-refractivity contribution in [1.82, 2.24) is 4.98 Å². The van der Waals surface area contributed by atoms with Gasteiger partial charge in [-0.1, -0.05) is 18.2 Å². The van der Waals surface area contributed by atoms with E-state index in [-0.39, 0.29) is 5.56 Å². The molecule has 2 aromatic rings. The van der Waals surface area contributed by atoms with E-state index < -0.39 is 5.97 Å². The molecule has 0 bridgehead atoms. The number of hydrogen-bond donors (Lipinski definition) is 1. The molecule has 5 heteroatoms. The van der Waals surface area contributed by atoms with E-state index in [1.54, 1.807) is 0 Å². The van der Waals surface area contributed by atoms with Gasteiger partial charge in [0.05, 0.1) is 23.7 Å². The first kappa shape index (κ1) is 13.4. The number of nitrogens with zero attached hydrogens (tertiary/aromatic N) is 3. The summed E-state index contributed by atoms with van der Waals surface area (Å²) in [6.45, 7) is 0.551. The van der Waals surface area contributed by atoms with Crippen LogP contribution in [-0.2, 0) is 0 Å². The summed E-state index contributed by atoms with van der Waals surface area (Å²) in [5.74, 6) is -0.981. The predicted octanol–water partition coefficient (Wildman–Crippen LogP) is 2.82. The average molecular weight is 281 g/mol. The van der Waals surface area contributed by atoms with Crippen molar-refractivity contribution in [2.45, 2.75) is 25.3 Å². The van der Waals surface area contributed by atoms with Crippen LogP contribution < -0.4 is 4.90 Å². The standard InChI is InChI=1S/C16H15N3O2/c17-8-3-9-19(11-6-7-11)15-12-4-1-2-5-14(12)18-10-13(15)16(20)21/h1-2,4-5,10-11H,3,6-7,9H2,(H,20,21). The Labute approximate surface area is 122 Å². The lowest BCUT2D eigenvalue weighted by atomic mass is 10.1. The van der Waals surface area contributed by atoms with E-state index in [4.69, 9.17) is 5.26 Å². The van der Waals surface area contributed by atoms with Gasteiger partial charge in [0.15, 0.2) is 0 Å². The molecular formula is C16H15N3O2. The van der Waals surface area contributed by atoms with E-state index in [0.717, 1.165) is 23.7 Å². The maximum Gasteiger partial charge on any atom is 0.339 e. The number of aromatic nitrogens is 1. The summed E-state index contributed by atoms with van der Waals surface area (Å²) in [5, 5.41) is 19.2. The summed E-state index contributed by atoms with van der Waals surface area (Å²) in [6, 6.07) is 10.0. The Morgan fingerprint density at radius 2 is 2.19 bits per heavy atom. The SMILES string of the molecule is N#CCCN(c1c(C(=O)O)cnc2ccccc12)C1CC1. The lowest BCUT2D eigenvalue weighted by Crippen LogP contribution is -2.28. The maximum absolute atomic E-state index is 11.6. The Balaban J connectivity index is 2.19. The Bertz CT molecular complexity index is 732. The Kier molecular flexibility index (Phi) is 3.44. The average Bonchev–Trinajstić information content (AvgIpc) is 3.32. The molecule has 1 aliphatic carbocycles. The summed E-state index contributed by atoms with van der Waals surface area (Å²) in [6.07, 6.45) is 3.89. The molecule has 1 N–H and O–H groups in total. The molecule has 106 valence electrons. The Morgan fingerprint density at radius 1 is 1.43 bits per heavy atom. The maximum atomic E-state index is 11.6. The normalized spacial score (nSPS) is 13.9. The number of benzene rings is 1.